The quantitative estimate of drug-likeness (QED) is 0.378. The zero-order chi connectivity index (χ0) is 24.6. The lowest BCUT2D eigenvalue weighted by atomic mass is 9.96. The first-order valence-corrected chi connectivity index (χ1v) is 12.8. The summed E-state index contributed by atoms with van der Waals surface area (Å²) in [7, 11) is 0. The number of benzene rings is 1. The van der Waals surface area contributed by atoms with Crippen LogP contribution in [0.1, 0.15) is 60.4 Å². The number of aryl methyl sites for hydroxylation is 1. The molecular formula is C27H29N7OS. The molecule has 3 aromatic heterocycles. The molecule has 2 atom stereocenters. The molecule has 2 fully saturated rings. The Bertz CT molecular complexity index is 1350. The van der Waals surface area contributed by atoms with Gasteiger partial charge in [0, 0.05) is 28.8 Å². The van der Waals surface area contributed by atoms with Crippen molar-refractivity contribution in [2.45, 2.75) is 57.7 Å². The monoisotopic (exact) mass is 499 g/mol. The molecule has 0 bridgehead atoms. The maximum absolute atomic E-state index is 6.21. The van der Waals surface area contributed by atoms with E-state index in [4.69, 9.17) is 17.0 Å². The lowest BCUT2D eigenvalue weighted by Gasteiger charge is -2.28. The van der Waals surface area contributed by atoms with Gasteiger partial charge in [-0.2, -0.15) is 0 Å². The molecule has 0 unspecified atom stereocenters. The molecule has 1 N–H and O–H groups in total. The molecule has 0 amide bonds. The topological polar surface area (TPSA) is 73.0 Å². The second kappa shape index (κ2) is 9.39. The van der Waals surface area contributed by atoms with Crippen LogP contribution < -0.4 is 15.0 Å². The Morgan fingerprint density at radius 2 is 1.75 bits per heavy atom. The molecule has 9 heteroatoms. The van der Waals surface area contributed by atoms with E-state index in [2.05, 4.69) is 74.3 Å². The predicted molar refractivity (Wildman–Crippen MR) is 142 cm³/mol. The SMILES string of the molecule is Cc1cc([C@H]2[C@H](c3ccccn3)NC(=S)N2c2ccc(OC3CCCC3)cc2)c(C)n1-n1cnnc1. The summed E-state index contributed by atoms with van der Waals surface area (Å²) >= 11 is 5.91. The van der Waals surface area contributed by atoms with Crippen LogP contribution in [0.15, 0.2) is 67.4 Å². The van der Waals surface area contributed by atoms with Gasteiger partial charge in [-0.15, -0.1) is 10.2 Å². The summed E-state index contributed by atoms with van der Waals surface area (Å²) in [4.78, 5) is 6.88. The van der Waals surface area contributed by atoms with Crippen LogP contribution in [0.3, 0.4) is 0 Å². The largest absolute Gasteiger partial charge is 0.490 e. The van der Waals surface area contributed by atoms with Crippen molar-refractivity contribution in [1.82, 2.24) is 29.9 Å². The van der Waals surface area contributed by atoms with Crippen molar-refractivity contribution in [1.29, 1.82) is 0 Å². The van der Waals surface area contributed by atoms with Crippen molar-refractivity contribution in [3.63, 3.8) is 0 Å². The first-order valence-electron chi connectivity index (χ1n) is 12.4. The van der Waals surface area contributed by atoms with Gasteiger partial charge >= 0.3 is 0 Å². The first kappa shape index (κ1) is 22.7. The number of aromatic nitrogens is 5. The average Bonchev–Trinajstić information content (AvgIpc) is 3.69. The third-order valence-corrected chi connectivity index (χ3v) is 7.52. The number of pyridine rings is 1. The Hall–Kier alpha value is -3.72. The summed E-state index contributed by atoms with van der Waals surface area (Å²) in [5.41, 5.74) is 5.30. The molecule has 1 aromatic carbocycles. The average molecular weight is 500 g/mol. The van der Waals surface area contributed by atoms with Gasteiger partial charge in [0.2, 0.25) is 0 Å². The lowest BCUT2D eigenvalue weighted by molar-refractivity contribution is 0.210. The van der Waals surface area contributed by atoms with Crippen LogP contribution in [0.2, 0.25) is 0 Å². The molecule has 4 heterocycles. The van der Waals surface area contributed by atoms with Crippen LogP contribution in [0.4, 0.5) is 5.69 Å². The maximum atomic E-state index is 6.21. The second-order valence-corrected chi connectivity index (χ2v) is 9.88. The van der Waals surface area contributed by atoms with E-state index in [9.17, 15) is 0 Å². The standard InChI is InChI=1S/C27H29N7OS/c1-18-15-23(19(2)34(18)32-16-29-30-17-32)26-25(24-9-5-6-14-28-24)31-27(36)33(26)20-10-12-22(13-11-20)35-21-7-3-4-8-21/h5-6,9-17,21,25-26H,3-4,7-8H2,1-2H3,(H,31,36)/t25-,26-/m0/s1. The number of rotatable bonds is 6. The van der Waals surface area contributed by atoms with Crippen molar-refractivity contribution in [2.24, 2.45) is 0 Å². The highest BCUT2D eigenvalue weighted by Crippen LogP contribution is 2.43. The minimum atomic E-state index is -0.108. The highest BCUT2D eigenvalue weighted by molar-refractivity contribution is 7.80. The zero-order valence-electron chi connectivity index (χ0n) is 20.4. The molecule has 2 aliphatic rings. The second-order valence-electron chi connectivity index (χ2n) is 9.49. The highest BCUT2D eigenvalue weighted by atomic mass is 32.1. The van der Waals surface area contributed by atoms with Crippen LogP contribution in [-0.4, -0.2) is 35.7 Å². The van der Waals surface area contributed by atoms with Crippen molar-refractivity contribution in [3.8, 4) is 5.75 Å². The number of anilines is 1. The van der Waals surface area contributed by atoms with E-state index in [1.807, 2.05) is 29.1 Å². The van der Waals surface area contributed by atoms with Gasteiger partial charge in [0.1, 0.15) is 18.4 Å². The van der Waals surface area contributed by atoms with Gasteiger partial charge in [0.05, 0.1) is 23.9 Å². The maximum Gasteiger partial charge on any atom is 0.174 e. The Labute approximate surface area is 215 Å². The van der Waals surface area contributed by atoms with E-state index in [1.165, 1.54) is 12.8 Å². The minimum Gasteiger partial charge on any atom is -0.490 e. The predicted octanol–water partition coefficient (Wildman–Crippen LogP) is 4.90. The Morgan fingerprint density at radius 1 is 1.00 bits per heavy atom. The van der Waals surface area contributed by atoms with Crippen LogP contribution >= 0.6 is 12.2 Å². The van der Waals surface area contributed by atoms with Crippen molar-refractivity contribution >= 4 is 23.0 Å². The zero-order valence-corrected chi connectivity index (χ0v) is 21.2. The summed E-state index contributed by atoms with van der Waals surface area (Å²) in [5.74, 6) is 0.910. The van der Waals surface area contributed by atoms with Crippen molar-refractivity contribution < 1.29 is 4.74 Å². The molecule has 1 saturated heterocycles. The van der Waals surface area contributed by atoms with E-state index in [0.29, 0.717) is 11.2 Å². The smallest absolute Gasteiger partial charge is 0.174 e. The molecule has 1 aliphatic heterocycles. The minimum absolute atomic E-state index is 0.0922. The first-order chi connectivity index (χ1) is 17.6. The highest BCUT2D eigenvalue weighted by Gasteiger charge is 2.42. The summed E-state index contributed by atoms with van der Waals surface area (Å²) in [6, 6.07) is 16.3. The van der Waals surface area contributed by atoms with Gasteiger partial charge in [-0.3, -0.25) is 9.66 Å². The van der Waals surface area contributed by atoms with Gasteiger partial charge in [-0.25, -0.2) is 4.68 Å². The van der Waals surface area contributed by atoms with Gasteiger partial charge < -0.3 is 15.0 Å². The fraction of sp³-hybridized carbons (Fsp3) is 0.333. The summed E-state index contributed by atoms with van der Waals surface area (Å²) < 4.78 is 10.2. The summed E-state index contributed by atoms with van der Waals surface area (Å²) in [5, 5.41) is 12.2. The Morgan fingerprint density at radius 3 is 2.44 bits per heavy atom. The molecule has 184 valence electrons. The third-order valence-electron chi connectivity index (χ3n) is 7.21. The van der Waals surface area contributed by atoms with Crippen LogP contribution in [0.5, 0.6) is 5.75 Å². The van der Waals surface area contributed by atoms with Crippen molar-refractivity contribution in [2.75, 3.05) is 4.90 Å². The fourth-order valence-electron chi connectivity index (χ4n) is 5.56. The van der Waals surface area contributed by atoms with Gasteiger partial charge in [0.15, 0.2) is 5.11 Å². The van der Waals surface area contributed by atoms with Gasteiger partial charge in [0.25, 0.3) is 0 Å². The van der Waals surface area contributed by atoms with E-state index < -0.39 is 0 Å². The Kier molecular flexibility index (Phi) is 5.92. The summed E-state index contributed by atoms with van der Waals surface area (Å²) in [6.45, 7) is 4.21. The van der Waals surface area contributed by atoms with Crippen LogP contribution in [0, 0.1) is 13.8 Å². The number of nitrogens with zero attached hydrogens (tertiary/aromatic N) is 6. The van der Waals surface area contributed by atoms with Crippen LogP contribution in [0.25, 0.3) is 0 Å². The molecule has 8 nitrogen and oxygen atoms in total. The number of ether oxygens (including phenoxy) is 1. The number of thiocarbonyl (C=S) groups is 1. The lowest BCUT2D eigenvalue weighted by Crippen LogP contribution is -2.29. The van der Waals surface area contributed by atoms with Gasteiger partial charge in [-0.1, -0.05) is 6.07 Å². The number of hydrogen-bond donors (Lipinski definition) is 1. The number of hydrogen-bond acceptors (Lipinski definition) is 5. The molecule has 0 spiro atoms. The normalized spacial score (nSPS) is 20.2. The molecule has 36 heavy (non-hydrogen) atoms. The molecule has 0 radical (unpaired) electrons. The van der Waals surface area contributed by atoms with E-state index in [-0.39, 0.29) is 12.1 Å². The molecule has 4 aromatic rings. The molecule has 1 aliphatic carbocycles. The third kappa shape index (κ3) is 4.03. The number of nitrogens with one attached hydrogen (secondary N) is 1. The van der Waals surface area contributed by atoms with E-state index >= 15 is 0 Å². The van der Waals surface area contributed by atoms with E-state index in [1.54, 1.807) is 12.7 Å². The molecule has 6 rings (SSSR count). The van der Waals surface area contributed by atoms with Crippen LogP contribution in [-0.2, 0) is 0 Å². The van der Waals surface area contributed by atoms with E-state index in [0.717, 1.165) is 46.9 Å². The molecular weight excluding hydrogens is 470 g/mol. The summed E-state index contributed by atoms with van der Waals surface area (Å²) in [6.07, 6.45) is 10.3. The van der Waals surface area contributed by atoms with Gasteiger partial charge in [-0.05, 0) is 94.2 Å². The van der Waals surface area contributed by atoms with Crippen molar-refractivity contribution in [3.05, 3.63) is 90.0 Å². The molecule has 1 saturated carbocycles. The Balaban J connectivity index is 1.40. The fourth-order valence-corrected chi connectivity index (χ4v) is 5.91.